The van der Waals surface area contributed by atoms with Gasteiger partial charge in [-0.25, -0.2) is 13.2 Å². The molecule has 0 saturated carbocycles. The van der Waals surface area contributed by atoms with Crippen LogP contribution in [0.5, 0.6) is 0 Å². The number of carbonyl (C=O) groups is 2. The van der Waals surface area contributed by atoms with Gasteiger partial charge in [-0.3, -0.25) is 9.52 Å². The third kappa shape index (κ3) is 5.24. The molecule has 1 amide bonds. The molecular formula is C18H19ClN2O5S2. The van der Waals surface area contributed by atoms with Crippen LogP contribution in [0, 0.1) is 0 Å². The van der Waals surface area contributed by atoms with Crippen molar-refractivity contribution in [3.8, 4) is 0 Å². The van der Waals surface area contributed by atoms with Gasteiger partial charge in [-0.2, -0.15) is 0 Å². The number of sulfonamides is 1. The second-order valence-corrected chi connectivity index (χ2v) is 9.88. The smallest absolute Gasteiger partial charge is 0.338 e. The van der Waals surface area contributed by atoms with E-state index in [1.165, 1.54) is 36.4 Å². The molecule has 1 aliphatic rings. The monoisotopic (exact) mass is 442 g/mol. The van der Waals surface area contributed by atoms with Crippen molar-refractivity contribution in [2.45, 2.75) is 23.5 Å². The van der Waals surface area contributed by atoms with Crippen LogP contribution in [0.4, 0.5) is 5.69 Å². The summed E-state index contributed by atoms with van der Waals surface area (Å²) in [6.45, 7) is 1.09. The van der Waals surface area contributed by atoms with E-state index in [1.54, 1.807) is 4.90 Å². The molecule has 1 aromatic carbocycles. The fourth-order valence-corrected chi connectivity index (χ4v) is 5.31. The summed E-state index contributed by atoms with van der Waals surface area (Å²) in [5, 5.41) is 0. The summed E-state index contributed by atoms with van der Waals surface area (Å²) in [6.07, 6.45) is 3.04. The molecule has 10 heteroatoms. The Morgan fingerprint density at radius 1 is 1.07 bits per heavy atom. The molecule has 1 fully saturated rings. The lowest BCUT2D eigenvalue weighted by molar-refractivity contribution is -0.135. The van der Waals surface area contributed by atoms with E-state index in [1.807, 2.05) is 0 Å². The van der Waals surface area contributed by atoms with E-state index in [9.17, 15) is 18.0 Å². The molecule has 2 heterocycles. The van der Waals surface area contributed by atoms with Crippen molar-refractivity contribution in [2.75, 3.05) is 24.4 Å². The third-order valence-corrected chi connectivity index (χ3v) is 7.33. The predicted octanol–water partition coefficient (Wildman–Crippen LogP) is 3.37. The van der Waals surface area contributed by atoms with Gasteiger partial charge in [-0.1, -0.05) is 11.6 Å². The molecule has 3 rings (SSSR count). The van der Waals surface area contributed by atoms with Crippen molar-refractivity contribution >= 4 is 50.5 Å². The number of amides is 1. The number of benzene rings is 1. The second-order valence-electron chi connectivity index (χ2n) is 6.26. The Bertz CT molecular complexity index is 951. The number of piperidine rings is 1. The Morgan fingerprint density at radius 2 is 1.75 bits per heavy atom. The van der Waals surface area contributed by atoms with Crippen LogP contribution in [0.3, 0.4) is 0 Å². The summed E-state index contributed by atoms with van der Waals surface area (Å²) in [6, 6.07) is 8.71. The van der Waals surface area contributed by atoms with Crippen molar-refractivity contribution in [3.63, 3.8) is 0 Å². The van der Waals surface area contributed by atoms with Crippen molar-refractivity contribution in [3.05, 3.63) is 46.3 Å². The standard InChI is InChI=1S/C18H19ClN2O5S2/c19-15-8-9-17(27-15)28(24,25)20-14-6-4-13(5-7-14)18(23)26-12-16(22)21-10-2-1-3-11-21/h4-9,20H,1-3,10-12H2. The molecule has 1 saturated heterocycles. The maximum absolute atomic E-state index is 12.3. The molecule has 28 heavy (non-hydrogen) atoms. The molecule has 0 spiro atoms. The average Bonchev–Trinajstić information content (AvgIpc) is 3.14. The molecule has 2 aromatic rings. The number of carbonyl (C=O) groups excluding carboxylic acids is 2. The van der Waals surface area contributed by atoms with Crippen molar-refractivity contribution in [2.24, 2.45) is 0 Å². The van der Waals surface area contributed by atoms with Gasteiger partial charge in [-0.15, -0.1) is 11.3 Å². The summed E-state index contributed by atoms with van der Waals surface area (Å²) in [5.41, 5.74) is 0.527. The zero-order chi connectivity index (χ0) is 20.1. The minimum Gasteiger partial charge on any atom is -0.452 e. The van der Waals surface area contributed by atoms with E-state index >= 15 is 0 Å². The molecule has 0 unspecified atom stereocenters. The van der Waals surface area contributed by atoms with Crippen LogP contribution in [-0.4, -0.2) is 44.9 Å². The summed E-state index contributed by atoms with van der Waals surface area (Å²) < 4.78 is 32.5. The maximum atomic E-state index is 12.3. The maximum Gasteiger partial charge on any atom is 0.338 e. The quantitative estimate of drug-likeness (QED) is 0.692. The number of hydrogen-bond acceptors (Lipinski definition) is 6. The van der Waals surface area contributed by atoms with Crippen LogP contribution >= 0.6 is 22.9 Å². The number of rotatable bonds is 6. The first kappa shape index (κ1) is 20.6. The number of halogens is 1. The van der Waals surface area contributed by atoms with Gasteiger partial charge in [0.2, 0.25) is 0 Å². The van der Waals surface area contributed by atoms with Gasteiger partial charge in [-0.05, 0) is 55.7 Å². The fraction of sp³-hybridized carbons (Fsp3) is 0.333. The fourth-order valence-electron chi connectivity index (χ4n) is 2.77. The lowest BCUT2D eigenvalue weighted by Gasteiger charge is -2.26. The van der Waals surface area contributed by atoms with Crippen molar-refractivity contribution in [1.82, 2.24) is 4.90 Å². The van der Waals surface area contributed by atoms with E-state index in [2.05, 4.69) is 4.72 Å². The van der Waals surface area contributed by atoms with Crippen molar-refractivity contribution < 1.29 is 22.7 Å². The highest BCUT2D eigenvalue weighted by molar-refractivity contribution is 7.94. The van der Waals surface area contributed by atoms with E-state index in [-0.39, 0.29) is 22.3 Å². The topological polar surface area (TPSA) is 92.8 Å². The van der Waals surface area contributed by atoms with Gasteiger partial charge in [0.25, 0.3) is 15.9 Å². The molecule has 0 aliphatic carbocycles. The van der Waals surface area contributed by atoms with E-state index in [0.717, 1.165) is 30.6 Å². The van der Waals surface area contributed by atoms with Gasteiger partial charge >= 0.3 is 5.97 Å². The normalized spacial score (nSPS) is 14.5. The van der Waals surface area contributed by atoms with Gasteiger partial charge in [0.1, 0.15) is 4.21 Å². The first-order valence-electron chi connectivity index (χ1n) is 8.68. The molecular weight excluding hydrogens is 424 g/mol. The van der Waals surface area contributed by atoms with E-state index in [0.29, 0.717) is 23.1 Å². The summed E-state index contributed by atoms with van der Waals surface area (Å²) >= 11 is 6.72. The Kier molecular flexibility index (Phi) is 6.58. The number of nitrogens with one attached hydrogen (secondary N) is 1. The van der Waals surface area contributed by atoms with Gasteiger partial charge in [0.05, 0.1) is 9.90 Å². The van der Waals surface area contributed by atoms with Crippen LogP contribution < -0.4 is 4.72 Å². The highest BCUT2D eigenvalue weighted by Gasteiger charge is 2.19. The van der Waals surface area contributed by atoms with Gasteiger partial charge < -0.3 is 9.64 Å². The van der Waals surface area contributed by atoms with E-state index < -0.39 is 16.0 Å². The minimum absolute atomic E-state index is 0.0946. The number of likely N-dealkylation sites (tertiary alicyclic amines) is 1. The van der Waals surface area contributed by atoms with E-state index in [4.69, 9.17) is 16.3 Å². The Labute approximate surface area is 172 Å². The van der Waals surface area contributed by atoms with Crippen LogP contribution in [0.1, 0.15) is 29.6 Å². The predicted molar refractivity (Wildman–Crippen MR) is 107 cm³/mol. The minimum atomic E-state index is -3.74. The number of ether oxygens (including phenoxy) is 1. The number of thiophene rings is 1. The first-order valence-corrected chi connectivity index (χ1v) is 11.4. The molecule has 0 atom stereocenters. The zero-order valence-corrected chi connectivity index (χ0v) is 17.3. The van der Waals surface area contributed by atoms with Crippen LogP contribution in [0.2, 0.25) is 4.34 Å². The molecule has 1 aliphatic heterocycles. The van der Waals surface area contributed by atoms with Gasteiger partial charge in [0.15, 0.2) is 6.61 Å². The van der Waals surface area contributed by atoms with Crippen LogP contribution in [0.15, 0.2) is 40.6 Å². The summed E-state index contributed by atoms with van der Waals surface area (Å²) in [5.74, 6) is -0.836. The lowest BCUT2D eigenvalue weighted by Crippen LogP contribution is -2.38. The highest BCUT2D eigenvalue weighted by Crippen LogP contribution is 2.27. The van der Waals surface area contributed by atoms with Crippen LogP contribution in [0.25, 0.3) is 0 Å². The molecule has 1 aromatic heterocycles. The Hall–Kier alpha value is -2.10. The second kappa shape index (κ2) is 8.93. The van der Waals surface area contributed by atoms with Crippen molar-refractivity contribution in [1.29, 1.82) is 0 Å². The number of hydrogen-bond donors (Lipinski definition) is 1. The first-order chi connectivity index (χ1) is 13.3. The Balaban J connectivity index is 1.56. The lowest BCUT2D eigenvalue weighted by atomic mass is 10.1. The number of nitrogens with zero attached hydrogens (tertiary/aromatic N) is 1. The summed E-state index contributed by atoms with van der Waals surface area (Å²) in [7, 11) is -3.74. The third-order valence-electron chi connectivity index (χ3n) is 4.22. The number of esters is 1. The molecule has 0 bridgehead atoms. The SMILES string of the molecule is O=C(OCC(=O)N1CCCCC1)c1ccc(NS(=O)(=O)c2ccc(Cl)s2)cc1. The summed E-state index contributed by atoms with van der Waals surface area (Å²) in [4.78, 5) is 25.9. The Morgan fingerprint density at radius 3 is 2.36 bits per heavy atom. The zero-order valence-electron chi connectivity index (χ0n) is 14.9. The molecule has 1 N–H and O–H groups in total. The molecule has 0 radical (unpaired) electrons. The molecule has 7 nitrogen and oxygen atoms in total. The molecule has 150 valence electrons. The van der Waals surface area contributed by atoms with Gasteiger partial charge in [0, 0.05) is 18.8 Å². The average molecular weight is 443 g/mol. The largest absolute Gasteiger partial charge is 0.452 e. The number of anilines is 1. The van der Waals surface area contributed by atoms with Crippen LogP contribution in [-0.2, 0) is 19.6 Å². The highest BCUT2D eigenvalue weighted by atomic mass is 35.5.